The summed E-state index contributed by atoms with van der Waals surface area (Å²) in [5, 5.41) is 5.07. The molecule has 0 aliphatic heterocycles. The summed E-state index contributed by atoms with van der Waals surface area (Å²) in [6.07, 6.45) is 4.52. The molecule has 0 amide bonds. The second-order valence-corrected chi connectivity index (χ2v) is 7.03. The Bertz CT molecular complexity index is 1080. The van der Waals surface area contributed by atoms with Gasteiger partial charge in [0.25, 0.3) is 0 Å². The predicted octanol–water partition coefficient (Wildman–Crippen LogP) is 2.70. The van der Waals surface area contributed by atoms with E-state index in [-0.39, 0.29) is 4.90 Å². The van der Waals surface area contributed by atoms with Gasteiger partial charge in [-0.15, -0.1) is 0 Å². The van der Waals surface area contributed by atoms with E-state index in [1.807, 2.05) is 0 Å². The van der Waals surface area contributed by atoms with Crippen molar-refractivity contribution in [1.82, 2.24) is 4.98 Å². The normalized spacial score (nSPS) is 11.4. The molecule has 27 heavy (non-hydrogen) atoms. The molecule has 0 bridgehead atoms. The van der Waals surface area contributed by atoms with Gasteiger partial charge in [-0.1, -0.05) is 12.1 Å². The highest BCUT2D eigenvalue weighted by atomic mass is 32.2. The van der Waals surface area contributed by atoms with Gasteiger partial charge < -0.3 is 4.74 Å². The van der Waals surface area contributed by atoms with Crippen LogP contribution >= 0.6 is 0 Å². The first-order chi connectivity index (χ1) is 12.9. The summed E-state index contributed by atoms with van der Waals surface area (Å²) in [5.74, 6) is -0.183. The minimum absolute atomic E-state index is 0.00671. The van der Waals surface area contributed by atoms with Crippen LogP contribution in [0, 0.1) is 0 Å². The Labute approximate surface area is 156 Å². The molecule has 0 aliphatic carbocycles. The zero-order chi connectivity index (χ0) is 19.3. The van der Waals surface area contributed by atoms with Crippen LogP contribution in [0.1, 0.15) is 15.9 Å². The highest BCUT2D eigenvalue weighted by molar-refractivity contribution is 7.89. The van der Waals surface area contributed by atoms with E-state index in [9.17, 15) is 13.2 Å². The number of carbonyl (C=O) groups is 1. The molecule has 0 atom stereocenters. The van der Waals surface area contributed by atoms with Crippen LogP contribution in [-0.2, 0) is 10.0 Å². The fraction of sp³-hybridized carbons (Fsp3) is 0. The number of primary sulfonamides is 1. The molecule has 3 rings (SSSR count). The van der Waals surface area contributed by atoms with Crippen molar-refractivity contribution in [3.63, 3.8) is 0 Å². The molecule has 0 saturated heterocycles. The van der Waals surface area contributed by atoms with Crippen LogP contribution in [0.2, 0.25) is 0 Å². The van der Waals surface area contributed by atoms with Gasteiger partial charge in [0, 0.05) is 24.2 Å². The fourth-order valence-electron chi connectivity index (χ4n) is 2.19. The molecule has 2 N–H and O–H groups in total. The zero-order valence-corrected chi connectivity index (χ0v) is 14.8. The van der Waals surface area contributed by atoms with Gasteiger partial charge in [-0.25, -0.2) is 18.4 Å². The van der Waals surface area contributed by atoms with E-state index in [0.29, 0.717) is 22.6 Å². The maximum Gasteiger partial charge on any atom is 0.345 e. The minimum Gasteiger partial charge on any atom is -0.422 e. The molecular formula is C19H15N3O4S. The van der Waals surface area contributed by atoms with E-state index in [1.54, 1.807) is 42.6 Å². The number of aliphatic imine (C=N–C) groups is 1. The molecule has 0 aliphatic rings. The Morgan fingerprint density at radius 2 is 1.78 bits per heavy atom. The first kappa shape index (κ1) is 18.4. The molecule has 8 heteroatoms. The van der Waals surface area contributed by atoms with E-state index in [2.05, 4.69) is 9.98 Å². The maximum absolute atomic E-state index is 12.2. The molecule has 0 saturated carbocycles. The Hall–Kier alpha value is -3.36. The van der Waals surface area contributed by atoms with Crippen molar-refractivity contribution in [3.05, 3.63) is 84.2 Å². The summed E-state index contributed by atoms with van der Waals surface area (Å²) in [6.45, 7) is 0. The van der Waals surface area contributed by atoms with Gasteiger partial charge >= 0.3 is 5.97 Å². The van der Waals surface area contributed by atoms with Crippen LogP contribution in [0.15, 0.2) is 82.9 Å². The SMILES string of the molecule is NS(=O)(=O)c1ccc(N=Cc2ccccc2OC(=O)c2cccnc2)cc1. The molecule has 136 valence electrons. The van der Waals surface area contributed by atoms with Crippen molar-refractivity contribution in [2.24, 2.45) is 10.1 Å². The second kappa shape index (κ2) is 7.90. The number of aromatic nitrogens is 1. The van der Waals surface area contributed by atoms with E-state index in [1.165, 1.54) is 36.7 Å². The molecular weight excluding hydrogens is 366 g/mol. The quantitative estimate of drug-likeness (QED) is 0.415. The van der Waals surface area contributed by atoms with Crippen molar-refractivity contribution in [2.75, 3.05) is 0 Å². The summed E-state index contributed by atoms with van der Waals surface area (Å²) < 4.78 is 28.0. The number of sulfonamides is 1. The number of pyridine rings is 1. The van der Waals surface area contributed by atoms with Crippen molar-refractivity contribution in [1.29, 1.82) is 0 Å². The number of nitrogens with zero attached hydrogens (tertiary/aromatic N) is 2. The zero-order valence-electron chi connectivity index (χ0n) is 14.0. The van der Waals surface area contributed by atoms with Gasteiger partial charge in [-0.2, -0.15) is 0 Å². The van der Waals surface area contributed by atoms with Crippen LogP contribution in [0.3, 0.4) is 0 Å². The average Bonchev–Trinajstić information content (AvgIpc) is 2.67. The highest BCUT2D eigenvalue weighted by Crippen LogP contribution is 2.20. The van der Waals surface area contributed by atoms with Crippen molar-refractivity contribution in [3.8, 4) is 5.75 Å². The minimum atomic E-state index is -3.75. The largest absolute Gasteiger partial charge is 0.422 e. The molecule has 0 fully saturated rings. The second-order valence-electron chi connectivity index (χ2n) is 5.47. The van der Waals surface area contributed by atoms with Gasteiger partial charge in [-0.3, -0.25) is 9.98 Å². The Morgan fingerprint density at radius 1 is 1.04 bits per heavy atom. The van der Waals surface area contributed by atoms with Crippen molar-refractivity contribution < 1.29 is 17.9 Å². The van der Waals surface area contributed by atoms with Crippen LogP contribution in [0.5, 0.6) is 5.75 Å². The van der Waals surface area contributed by atoms with Gasteiger partial charge in [0.05, 0.1) is 16.1 Å². The lowest BCUT2D eigenvalue weighted by Gasteiger charge is -2.07. The molecule has 0 radical (unpaired) electrons. The van der Waals surface area contributed by atoms with E-state index < -0.39 is 16.0 Å². The van der Waals surface area contributed by atoms with Crippen LogP contribution in [0.25, 0.3) is 0 Å². The van der Waals surface area contributed by atoms with Gasteiger partial charge in [0.2, 0.25) is 10.0 Å². The number of nitrogens with two attached hydrogens (primary N) is 1. The highest BCUT2D eigenvalue weighted by Gasteiger charge is 2.11. The average molecular weight is 381 g/mol. The first-order valence-corrected chi connectivity index (χ1v) is 9.36. The number of ether oxygens (including phenoxy) is 1. The molecule has 0 spiro atoms. The van der Waals surface area contributed by atoms with E-state index in [0.717, 1.165) is 0 Å². The number of carbonyl (C=O) groups excluding carboxylic acids is 1. The monoisotopic (exact) mass is 381 g/mol. The summed E-state index contributed by atoms with van der Waals surface area (Å²) in [7, 11) is -3.75. The van der Waals surface area contributed by atoms with Gasteiger partial charge in [0.1, 0.15) is 5.75 Å². The fourth-order valence-corrected chi connectivity index (χ4v) is 2.70. The number of benzene rings is 2. The standard InChI is InChI=1S/C19H15N3O4S/c20-27(24,25)17-9-7-16(8-10-17)22-13-14-4-1-2-6-18(14)26-19(23)15-5-3-11-21-12-15/h1-13H,(H2,20,24,25). The van der Waals surface area contributed by atoms with Crippen molar-refractivity contribution in [2.45, 2.75) is 4.90 Å². The molecule has 3 aromatic rings. The predicted molar refractivity (Wildman–Crippen MR) is 101 cm³/mol. The third kappa shape index (κ3) is 4.84. The van der Waals surface area contributed by atoms with Crippen molar-refractivity contribution >= 4 is 27.9 Å². The first-order valence-electron chi connectivity index (χ1n) is 7.82. The van der Waals surface area contributed by atoms with Gasteiger partial charge in [-0.05, 0) is 48.5 Å². The smallest absolute Gasteiger partial charge is 0.345 e. The topological polar surface area (TPSA) is 112 Å². The lowest BCUT2D eigenvalue weighted by Crippen LogP contribution is -2.11. The summed E-state index contributed by atoms with van der Waals surface area (Å²) in [4.78, 5) is 20.4. The van der Waals surface area contributed by atoms with E-state index in [4.69, 9.17) is 9.88 Å². The molecule has 7 nitrogen and oxygen atoms in total. The van der Waals surface area contributed by atoms with Crippen LogP contribution in [0.4, 0.5) is 5.69 Å². The Balaban J connectivity index is 1.80. The number of esters is 1. The maximum atomic E-state index is 12.2. The van der Waals surface area contributed by atoms with Crippen LogP contribution in [-0.4, -0.2) is 25.6 Å². The number of rotatable bonds is 5. The van der Waals surface area contributed by atoms with Gasteiger partial charge in [0.15, 0.2) is 0 Å². The Morgan fingerprint density at radius 3 is 2.44 bits per heavy atom. The third-order valence-corrected chi connectivity index (χ3v) is 4.47. The number of para-hydroxylation sites is 1. The molecule has 1 aromatic heterocycles. The lowest BCUT2D eigenvalue weighted by molar-refractivity contribution is 0.0734. The third-order valence-electron chi connectivity index (χ3n) is 3.54. The lowest BCUT2D eigenvalue weighted by atomic mass is 10.2. The molecule has 2 aromatic carbocycles. The number of hydrogen-bond donors (Lipinski definition) is 1. The van der Waals surface area contributed by atoms with E-state index >= 15 is 0 Å². The van der Waals surface area contributed by atoms with Crippen LogP contribution < -0.4 is 9.88 Å². The molecule has 1 heterocycles. The number of hydrogen-bond acceptors (Lipinski definition) is 6. The summed E-state index contributed by atoms with van der Waals surface area (Å²) in [6, 6.07) is 16.0. The molecule has 0 unspecified atom stereocenters. The summed E-state index contributed by atoms with van der Waals surface area (Å²) >= 11 is 0. The Kier molecular flexibility index (Phi) is 5.39. The summed E-state index contributed by atoms with van der Waals surface area (Å²) in [5.41, 5.74) is 1.45.